The highest BCUT2D eigenvalue weighted by atomic mass is 19.1. The van der Waals surface area contributed by atoms with Crippen LogP contribution in [0.2, 0.25) is 0 Å². The van der Waals surface area contributed by atoms with Crippen LogP contribution in [0.5, 0.6) is 0 Å². The van der Waals surface area contributed by atoms with Crippen molar-refractivity contribution in [2.45, 2.75) is 27.3 Å². The van der Waals surface area contributed by atoms with Crippen molar-refractivity contribution in [3.8, 4) is 0 Å². The van der Waals surface area contributed by atoms with E-state index in [9.17, 15) is 4.39 Å². The van der Waals surface area contributed by atoms with Gasteiger partial charge < -0.3 is 15.5 Å². The third-order valence-electron chi connectivity index (χ3n) is 4.95. The number of nitrogens with zero attached hydrogens (tertiary/aromatic N) is 5. The molecule has 146 valence electrons. The first-order valence-corrected chi connectivity index (χ1v) is 9.49. The van der Waals surface area contributed by atoms with Gasteiger partial charge in [-0.15, -0.1) is 0 Å². The molecule has 0 saturated carbocycles. The van der Waals surface area contributed by atoms with Crippen LogP contribution in [-0.4, -0.2) is 53.4 Å². The number of guanidine groups is 1. The third kappa shape index (κ3) is 4.99. The second-order valence-electron chi connectivity index (χ2n) is 7.36. The van der Waals surface area contributed by atoms with Crippen LogP contribution in [0.4, 0.5) is 10.1 Å². The molecule has 2 heterocycles. The molecule has 2 aromatic rings. The number of hydrogen-bond donors (Lipinski definition) is 1. The smallest absolute Gasteiger partial charge is 0.191 e. The fourth-order valence-corrected chi connectivity index (χ4v) is 3.41. The predicted octanol–water partition coefficient (Wildman–Crippen LogP) is 2.41. The lowest BCUT2D eigenvalue weighted by Crippen LogP contribution is -2.51. The van der Waals surface area contributed by atoms with E-state index < -0.39 is 0 Å². The van der Waals surface area contributed by atoms with Crippen molar-refractivity contribution < 1.29 is 4.39 Å². The van der Waals surface area contributed by atoms with Crippen LogP contribution in [0.25, 0.3) is 0 Å². The Bertz CT molecular complexity index is 774. The van der Waals surface area contributed by atoms with Gasteiger partial charge in [0.1, 0.15) is 5.82 Å². The van der Waals surface area contributed by atoms with Crippen LogP contribution in [0.1, 0.15) is 18.3 Å². The number of rotatable bonds is 5. The van der Waals surface area contributed by atoms with Crippen LogP contribution < -0.4 is 10.6 Å². The molecule has 2 N–H and O–H groups in total. The molecule has 0 amide bonds. The Morgan fingerprint density at radius 2 is 1.85 bits per heavy atom. The Kier molecular flexibility index (Phi) is 5.98. The number of nitrogens with two attached hydrogens (primary N) is 1. The minimum absolute atomic E-state index is 0.205. The molecule has 0 radical (unpaired) electrons. The summed E-state index contributed by atoms with van der Waals surface area (Å²) in [5.74, 6) is 0.763. The normalized spacial score (nSPS) is 16.7. The minimum Gasteiger partial charge on any atom is -0.370 e. The second kappa shape index (κ2) is 8.41. The molecular weight excluding hydrogens is 343 g/mol. The first-order valence-electron chi connectivity index (χ1n) is 9.49. The predicted molar refractivity (Wildman–Crippen MR) is 108 cm³/mol. The summed E-state index contributed by atoms with van der Waals surface area (Å²) in [5, 5.41) is 4.51. The zero-order chi connectivity index (χ0) is 19.4. The number of benzene rings is 1. The van der Waals surface area contributed by atoms with Gasteiger partial charge in [-0.05, 0) is 50.1 Å². The van der Waals surface area contributed by atoms with E-state index >= 15 is 0 Å². The Morgan fingerprint density at radius 1 is 1.19 bits per heavy atom. The summed E-state index contributed by atoms with van der Waals surface area (Å²) in [6.45, 7) is 11.1. The van der Waals surface area contributed by atoms with Crippen LogP contribution in [0, 0.1) is 25.6 Å². The Labute approximate surface area is 160 Å². The van der Waals surface area contributed by atoms with E-state index in [4.69, 9.17) is 5.73 Å². The summed E-state index contributed by atoms with van der Waals surface area (Å²) >= 11 is 0. The van der Waals surface area contributed by atoms with Gasteiger partial charge in [0.15, 0.2) is 5.96 Å². The van der Waals surface area contributed by atoms with E-state index in [0.717, 1.165) is 44.1 Å². The van der Waals surface area contributed by atoms with Gasteiger partial charge in [-0.3, -0.25) is 9.67 Å². The number of piperazine rings is 1. The van der Waals surface area contributed by atoms with E-state index in [1.165, 1.54) is 17.8 Å². The van der Waals surface area contributed by atoms with Gasteiger partial charge >= 0.3 is 0 Å². The van der Waals surface area contributed by atoms with Crippen molar-refractivity contribution in [1.82, 2.24) is 14.7 Å². The first kappa shape index (κ1) is 19.2. The maximum Gasteiger partial charge on any atom is 0.191 e. The fourth-order valence-electron chi connectivity index (χ4n) is 3.41. The van der Waals surface area contributed by atoms with Gasteiger partial charge in [-0.1, -0.05) is 6.92 Å². The van der Waals surface area contributed by atoms with Crippen molar-refractivity contribution in [3.63, 3.8) is 0 Å². The molecule has 1 aromatic heterocycles. The van der Waals surface area contributed by atoms with Crippen LogP contribution in [0.3, 0.4) is 0 Å². The number of anilines is 1. The SMILES string of the molecule is Cc1cc(C)n(CC(C)CN=C(N)N2CCN(c3ccc(F)cc3)CC2)n1. The fraction of sp³-hybridized carbons (Fsp3) is 0.500. The third-order valence-corrected chi connectivity index (χ3v) is 4.95. The zero-order valence-corrected chi connectivity index (χ0v) is 16.4. The van der Waals surface area contributed by atoms with Crippen LogP contribution >= 0.6 is 0 Å². The van der Waals surface area contributed by atoms with Gasteiger partial charge in [-0.25, -0.2) is 4.39 Å². The van der Waals surface area contributed by atoms with Crippen molar-refractivity contribution in [3.05, 3.63) is 47.5 Å². The molecule has 1 unspecified atom stereocenters. The number of aliphatic imine (C=N–C) groups is 1. The first-order chi connectivity index (χ1) is 12.9. The number of halogens is 1. The Morgan fingerprint density at radius 3 is 2.44 bits per heavy atom. The summed E-state index contributed by atoms with van der Waals surface area (Å²) in [6, 6.07) is 8.74. The lowest BCUT2D eigenvalue weighted by Gasteiger charge is -2.36. The zero-order valence-electron chi connectivity index (χ0n) is 16.4. The summed E-state index contributed by atoms with van der Waals surface area (Å²) in [5.41, 5.74) is 9.48. The van der Waals surface area contributed by atoms with Crippen LogP contribution in [-0.2, 0) is 6.54 Å². The van der Waals surface area contributed by atoms with Crippen LogP contribution in [0.15, 0.2) is 35.3 Å². The maximum atomic E-state index is 13.1. The minimum atomic E-state index is -0.205. The average Bonchev–Trinajstić information content (AvgIpc) is 2.97. The molecule has 1 fully saturated rings. The molecule has 1 atom stereocenters. The summed E-state index contributed by atoms with van der Waals surface area (Å²) in [6.07, 6.45) is 0. The highest BCUT2D eigenvalue weighted by molar-refractivity contribution is 5.78. The molecule has 3 rings (SSSR count). The largest absolute Gasteiger partial charge is 0.370 e. The molecule has 0 aliphatic carbocycles. The molecule has 6 nitrogen and oxygen atoms in total. The quantitative estimate of drug-likeness (QED) is 0.647. The molecule has 0 bridgehead atoms. The number of aryl methyl sites for hydroxylation is 2. The summed E-state index contributed by atoms with van der Waals surface area (Å²) in [7, 11) is 0. The summed E-state index contributed by atoms with van der Waals surface area (Å²) < 4.78 is 15.1. The van der Waals surface area contributed by atoms with E-state index in [-0.39, 0.29) is 5.82 Å². The topological polar surface area (TPSA) is 62.7 Å². The maximum absolute atomic E-state index is 13.1. The van der Waals surface area contributed by atoms with Gasteiger partial charge in [0.2, 0.25) is 0 Å². The molecule has 1 aliphatic rings. The highest BCUT2D eigenvalue weighted by Crippen LogP contribution is 2.17. The van der Waals surface area contributed by atoms with Crippen molar-refractivity contribution >= 4 is 11.6 Å². The Balaban J connectivity index is 1.48. The van der Waals surface area contributed by atoms with E-state index in [0.29, 0.717) is 18.4 Å². The molecule has 1 saturated heterocycles. The monoisotopic (exact) mass is 372 g/mol. The molecule has 27 heavy (non-hydrogen) atoms. The standard InChI is InChI=1S/C20H29FN6/c1-15(14-27-17(3)12-16(2)24-27)13-23-20(22)26-10-8-25(9-11-26)19-6-4-18(21)5-7-19/h4-7,12,15H,8-11,13-14H2,1-3H3,(H2,22,23). The van der Waals surface area contributed by atoms with E-state index in [1.54, 1.807) is 0 Å². The van der Waals surface area contributed by atoms with Crippen molar-refractivity contribution in [2.24, 2.45) is 16.6 Å². The van der Waals surface area contributed by atoms with Crippen molar-refractivity contribution in [2.75, 3.05) is 37.6 Å². The lowest BCUT2D eigenvalue weighted by molar-refractivity contribution is 0.377. The number of aromatic nitrogens is 2. The number of hydrogen-bond acceptors (Lipinski definition) is 3. The van der Waals surface area contributed by atoms with Gasteiger partial charge in [0.25, 0.3) is 0 Å². The second-order valence-corrected chi connectivity index (χ2v) is 7.36. The van der Waals surface area contributed by atoms with E-state index in [2.05, 4.69) is 39.8 Å². The average molecular weight is 372 g/mol. The molecular formula is C20H29FN6. The Hall–Kier alpha value is -2.57. The molecule has 0 spiro atoms. The van der Waals surface area contributed by atoms with Gasteiger partial charge in [0, 0.05) is 50.6 Å². The summed E-state index contributed by atoms with van der Waals surface area (Å²) in [4.78, 5) is 8.97. The van der Waals surface area contributed by atoms with E-state index in [1.807, 2.05) is 23.7 Å². The van der Waals surface area contributed by atoms with Gasteiger partial charge in [0.05, 0.1) is 5.69 Å². The molecule has 1 aromatic carbocycles. The molecule has 1 aliphatic heterocycles. The lowest BCUT2D eigenvalue weighted by atomic mass is 10.2. The van der Waals surface area contributed by atoms with Crippen molar-refractivity contribution in [1.29, 1.82) is 0 Å². The highest BCUT2D eigenvalue weighted by Gasteiger charge is 2.19. The molecule has 7 heteroatoms. The van der Waals surface area contributed by atoms with Gasteiger partial charge in [-0.2, -0.15) is 5.10 Å².